The van der Waals surface area contributed by atoms with Gasteiger partial charge in [0, 0.05) is 6.42 Å². The van der Waals surface area contributed by atoms with E-state index in [2.05, 4.69) is 19.2 Å². The van der Waals surface area contributed by atoms with Crippen LogP contribution in [0.3, 0.4) is 0 Å². The van der Waals surface area contributed by atoms with Gasteiger partial charge in [-0.05, 0) is 19.3 Å². The molecule has 0 aromatic heterocycles. The Morgan fingerprint density at radius 2 is 0.804 bits per heavy atom. The van der Waals surface area contributed by atoms with Crippen LogP contribution in [0.4, 0.5) is 0 Å². The minimum Gasteiger partial charge on any atom is -0.394 e. The molecule has 46 heavy (non-hydrogen) atoms. The third kappa shape index (κ3) is 34.5. The van der Waals surface area contributed by atoms with Gasteiger partial charge in [0.25, 0.3) is 0 Å². The number of hydrogen-bond donors (Lipinski definition) is 3. The molecular weight excluding hydrogens is 566 g/mol. The molecule has 4 nitrogen and oxygen atoms in total. The Morgan fingerprint density at radius 1 is 0.500 bits per heavy atom. The normalized spacial score (nSPS) is 13.0. The number of carbonyl (C=O) groups is 1. The van der Waals surface area contributed by atoms with E-state index in [-0.39, 0.29) is 12.5 Å². The molecule has 0 rings (SSSR count). The Morgan fingerprint density at radius 3 is 1.13 bits per heavy atom. The standard InChI is InChI=1S/C42H83NO3/c1-3-5-7-9-11-13-15-17-18-19-20-21-22-23-24-25-26-28-30-32-34-36-38-42(46)43-40(39-44)41(45)37-35-33-31-29-27-16-14-12-10-8-6-4-2/h35,37,40-41,44-45H,3-34,36,38-39H2,1-2H3,(H,43,46)/b37-35+. The summed E-state index contributed by atoms with van der Waals surface area (Å²) in [5, 5.41) is 22.9. The van der Waals surface area contributed by atoms with Crippen molar-refractivity contribution in [3.8, 4) is 0 Å². The maximum atomic E-state index is 12.3. The summed E-state index contributed by atoms with van der Waals surface area (Å²) in [5.41, 5.74) is 0. The molecule has 0 radical (unpaired) electrons. The summed E-state index contributed by atoms with van der Waals surface area (Å²) in [5.74, 6) is -0.0608. The largest absolute Gasteiger partial charge is 0.394 e. The van der Waals surface area contributed by atoms with Crippen molar-refractivity contribution in [1.29, 1.82) is 0 Å². The summed E-state index contributed by atoms with van der Waals surface area (Å²) < 4.78 is 0. The Bertz CT molecular complexity index is 622. The van der Waals surface area contributed by atoms with Crippen molar-refractivity contribution < 1.29 is 15.0 Å². The molecule has 0 fully saturated rings. The lowest BCUT2D eigenvalue weighted by atomic mass is 10.0. The molecule has 0 heterocycles. The van der Waals surface area contributed by atoms with Crippen molar-refractivity contribution in [2.75, 3.05) is 6.61 Å². The average molecular weight is 650 g/mol. The smallest absolute Gasteiger partial charge is 0.220 e. The van der Waals surface area contributed by atoms with Crippen LogP contribution in [-0.4, -0.2) is 34.9 Å². The van der Waals surface area contributed by atoms with Gasteiger partial charge in [0.2, 0.25) is 5.91 Å². The Hall–Kier alpha value is -0.870. The molecule has 0 aliphatic carbocycles. The molecule has 0 saturated heterocycles. The number of aliphatic hydroxyl groups excluding tert-OH is 2. The van der Waals surface area contributed by atoms with Crippen molar-refractivity contribution >= 4 is 5.91 Å². The van der Waals surface area contributed by atoms with Crippen molar-refractivity contribution in [1.82, 2.24) is 5.32 Å². The molecule has 4 heteroatoms. The van der Waals surface area contributed by atoms with Crippen LogP contribution < -0.4 is 5.32 Å². The van der Waals surface area contributed by atoms with Gasteiger partial charge in [-0.3, -0.25) is 4.79 Å². The predicted octanol–water partition coefficient (Wildman–Crippen LogP) is 12.7. The first-order valence-corrected chi connectivity index (χ1v) is 20.9. The van der Waals surface area contributed by atoms with Gasteiger partial charge in [0.1, 0.15) is 0 Å². The number of rotatable bonds is 38. The van der Waals surface area contributed by atoms with Crippen LogP contribution in [0.5, 0.6) is 0 Å². The molecule has 0 spiro atoms. The molecule has 0 aromatic carbocycles. The highest BCUT2D eigenvalue weighted by atomic mass is 16.3. The average Bonchev–Trinajstić information content (AvgIpc) is 3.06. The minimum absolute atomic E-state index is 0.0608. The van der Waals surface area contributed by atoms with E-state index in [1.807, 2.05) is 6.08 Å². The van der Waals surface area contributed by atoms with E-state index >= 15 is 0 Å². The molecule has 0 bridgehead atoms. The Balaban J connectivity index is 3.49. The number of unbranched alkanes of at least 4 members (excludes halogenated alkanes) is 31. The highest BCUT2D eigenvalue weighted by Gasteiger charge is 2.17. The lowest BCUT2D eigenvalue weighted by molar-refractivity contribution is -0.123. The fraction of sp³-hybridized carbons (Fsp3) is 0.929. The first-order valence-electron chi connectivity index (χ1n) is 20.9. The molecule has 0 aliphatic rings. The number of carbonyl (C=O) groups excluding carboxylic acids is 1. The summed E-state index contributed by atoms with van der Waals surface area (Å²) in [6.45, 7) is 4.31. The van der Waals surface area contributed by atoms with Gasteiger partial charge in [-0.25, -0.2) is 0 Å². The molecule has 0 aliphatic heterocycles. The van der Waals surface area contributed by atoms with E-state index in [0.717, 1.165) is 25.7 Å². The number of hydrogen-bond acceptors (Lipinski definition) is 3. The monoisotopic (exact) mass is 650 g/mol. The second-order valence-electron chi connectivity index (χ2n) is 14.4. The summed E-state index contributed by atoms with van der Waals surface area (Å²) in [7, 11) is 0. The quantitative estimate of drug-likeness (QED) is 0.0460. The molecular formula is C42H83NO3. The Kier molecular flexibility index (Phi) is 37.8. The summed E-state index contributed by atoms with van der Waals surface area (Å²) in [6.07, 6.45) is 47.4. The number of allylic oxidation sites excluding steroid dienone is 1. The van der Waals surface area contributed by atoms with Gasteiger partial charge in [-0.2, -0.15) is 0 Å². The summed E-state index contributed by atoms with van der Waals surface area (Å²) in [4.78, 5) is 12.3. The molecule has 274 valence electrons. The number of aliphatic hydroxyl groups is 2. The maximum absolute atomic E-state index is 12.3. The molecule has 3 N–H and O–H groups in total. The molecule has 2 unspecified atom stereocenters. The van der Waals surface area contributed by atoms with E-state index in [1.165, 1.54) is 186 Å². The molecule has 2 atom stereocenters. The van der Waals surface area contributed by atoms with Crippen LogP contribution in [0.2, 0.25) is 0 Å². The number of nitrogens with one attached hydrogen (secondary N) is 1. The van der Waals surface area contributed by atoms with Crippen LogP contribution in [0.1, 0.15) is 232 Å². The third-order valence-electron chi connectivity index (χ3n) is 9.77. The fourth-order valence-corrected chi connectivity index (χ4v) is 6.53. The van der Waals surface area contributed by atoms with Crippen LogP contribution in [0.15, 0.2) is 12.2 Å². The first kappa shape index (κ1) is 45.1. The zero-order chi connectivity index (χ0) is 33.6. The third-order valence-corrected chi connectivity index (χ3v) is 9.77. The molecule has 0 aromatic rings. The van der Waals surface area contributed by atoms with E-state index < -0.39 is 12.1 Å². The second kappa shape index (κ2) is 38.6. The first-order chi connectivity index (χ1) is 22.7. The van der Waals surface area contributed by atoms with Crippen molar-refractivity contribution in [2.45, 2.75) is 244 Å². The molecule has 1 amide bonds. The number of amides is 1. The topological polar surface area (TPSA) is 69.6 Å². The zero-order valence-electron chi connectivity index (χ0n) is 31.4. The van der Waals surface area contributed by atoms with Gasteiger partial charge >= 0.3 is 0 Å². The van der Waals surface area contributed by atoms with Crippen molar-refractivity contribution in [3.63, 3.8) is 0 Å². The van der Waals surface area contributed by atoms with Gasteiger partial charge in [-0.1, -0.05) is 219 Å². The summed E-state index contributed by atoms with van der Waals surface area (Å²) in [6, 6.07) is -0.615. The zero-order valence-corrected chi connectivity index (χ0v) is 31.4. The van der Waals surface area contributed by atoms with E-state index in [0.29, 0.717) is 6.42 Å². The summed E-state index contributed by atoms with van der Waals surface area (Å²) >= 11 is 0. The van der Waals surface area contributed by atoms with E-state index in [4.69, 9.17) is 0 Å². The highest BCUT2D eigenvalue weighted by Crippen LogP contribution is 2.16. The van der Waals surface area contributed by atoms with Gasteiger partial charge in [0.05, 0.1) is 18.8 Å². The van der Waals surface area contributed by atoms with Crippen molar-refractivity contribution in [3.05, 3.63) is 12.2 Å². The van der Waals surface area contributed by atoms with Gasteiger partial charge < -0.3 is 15.5 Å². The lowest BCUT2D eigenvalue weighted by Gasteiger charge is -2.20. The lowest BCUT2D eigenvalue weighted by Crippen LogP contribution is -2.45. The fourth-order valence-electron chi connectivity index (χ4n) is 6.53. The SMILES string of the molecule is CCCCCCCCCCCC/C=C/C(O)C(CO)NC(=O)CCCCCCCCCCCCCCCCCCCCCCCC. The highest BCUT2D eigenvalue weighted by molar-refractivity contribution is 5.76. The van der Waals surface area contributed by atoms with E-state index in [9.17, 15) is 15.0 Å². The van der Waals surface area contributed by atoms with Crippen LogP contribution in [0, 0.1) is 0 Å². The Labute approximate surface area is 288 Å². The van der Waals surface area contributed by atoms with Crippen LogP contribution >= 0.6 is 0 Å². The van der Waals surface area contributed by atoms with Crippen LogP contribution in [0.25, 0.3) is 0 Å². The second-order valence-corrected chi connectivity index (χ2v) is 14.4. The van der Waals surface area contributed by atoms with E-state index in [1.54, 1.807) is 6.08 Å². The predicted molar refractivity (Wildman–Crippen MR) is 202 cm³/mol. The van der Waals surface area contributed by atoms with Crippen LogP contribution in [-0.2, 0) is 4.79 Å². The minimum atomic E-state index is -0.832. The molecule has 0 saturated carbocycles. The maximum Gasteiger partial charge on any atom is 0.220 e. The van der Waals surface area contributed by atoms with Gasteiger partial charge in [0.15, 0.2) is 0 Å². The van der Waals surface area contributed by atoms with Crippen molar-refractivity contribution in [2.24, 2.45) is 0 Å². The van der Waals surface area contributed by atoms with Gasteiger partial charge in [-0.15, -0.1) is 0 Å².